The fourth-order valence-corrected chi connectivity index (χ4v) is 5.13. The number of methoxy groups -OCH3 is 1. The number of hydrogen-bond acceptors (Lipinski definition) is 7. The summed E-state index contributed by atoms with van der Waals surface area (Å²) in [5.74, 6) is 0. The van der Waals surface area contributed by atoms with Crippen molar-refractivity contribution in [2.45, 2.75) is 27.8 Å². The first-order chi connectivity index (χ1) is 15.9. The van der Waals surface area contributed by atoms with Crippen LogP contribution in [0, 0.1) is 0 Å². The lowest BCUT2D eigenvalue weighted by molar-refractivity contribution is 0.185. The van der Waals surface area contributed by atoms with E-state index >= 15 is 0 Å². The van der Waals surface area contributed by atoms with E-state index in [1.807, 2.05) is 0 Å². The third kappa shape index (κ3) is 3.92. The second-order valence-corrected chi connectivity index (χ2v) is 8.63. The summed E-state index contributed by atoms with van der Waals surface area (Å²) in [5.41, 5.74) is -1.32. The number of fused-ring (bicyclic) bond motifs is 1. The molecule has 2 rings (SSSR count). The highest BCUT2D eigenvalue weighted by Gasteiger charge is 2.39. The molecule has 1 aromatic rings. The quantitative estimate of drug-likeness (QED) is 0.673. The Bertz CT molecular complexity index is 1290. The molecule has 0 amide bonds. The summed E-state index contributed by atoms with van der Waals surface area (Å²) in [6.07, 6.45) is -1.80. The molecule has 0 radical (unpaired) electrons. The van der Waals surface area contributed by atoms with Crippen molar-refractivity contribution in [3.63, 3.8) is 0 Å². The van der Waals surface area contributed by atoms with E-state index in [2.05, 4.69) is 4.74 Å². The van der Waals surface area contributed by atoms with Crippen molar-refractivity contribution in [2.75, 3.05) is 33.1 Å². The zero-order valence-corrected chi connectivity index (χ0v) is 13.9. The number of hydrogen-bond donors (Lipinski definition) is 2. The number of rotatable bonds is 7. The van der Waals surface area contributed by atoms with Crippen molar-refractivity contribution in [1.82, 2.24) is 9.62 Å². The number of sulfonamides is 2. The third-order valence-electron chi connectivity index (χ3n) is 2.38. The molecule has 0 spiro atoms. The third-order valence-corrected chi connectivity index (χ3v) is 6.88. The highest BCUT2D eigenvalue weighted by atomic mass is 32.3. The molecule has 1 atom stereocenters. The van der Waals surface area contributed by atoms with Gasteiger partial charge in [0.05, 0.1) is 9.60 Å². The van der Waals surface area contributed by atoms with E-state index in [4.69, 9.17) is 24.4 Å². The molecule has 23 heavy (non-hydrogen) atoms. The van der Waals surface area contributed by atoms with Gasteiger partial charge in [-0.25, -0.2) is 22.0 Å². The molecule has 8 nitrogen and oxygen atoms in total. The summed E-state index contributed by atoms with van der Waals surface area (Å²) >= 11 is -0.276. The summed E-state index contributed by atoms with van der Waals surface area (Å²) in [6, 6.07) is -5.03. The minimum absolute atomic E-state index is 0.276. The Morgan fingerprint density at radius 1 is 1.83 bits per heavy atom. The highest BCUT2D eigenvalue weighted by Crippen LogP contribution is 2.39. The predicted molar refractivity (Wildman–Crippen MR) is 87.4 cm³/mol. The molecule has 0 saturated carbocycles. The van der Waals surface area contributed by atoms with E-state index in [-0.39, 0.29) is 11.3 Å². The Balaban J connectivity index is 3.01. The molecule has 0 aliphatic carbocycles. The largest absolute Gasteiger partial charge is 0.385 e. The lowest BCUT2D eigenvalue weighted by Gasteiger charge is -2.32. The average Bonchev–Trinajstić information content (AvgIpc) is 2.93. The molecule has 0 unspecified atom stereocenters. The van der Waals surface area contributed by atoms with E-state index in [9.17, 15) is 16.8 Å². The van der Waals surface area contributed by atoms with Gasteiger partial charge < -0.3 is 10.0 Å². The van der Waals surface area contributed by atoms with Gasteiger partial charge in [0.1, 0.15) is 9.83 Å². The lowest BCUT2D eigenvalue weighted by Crippen LogP contribution is -2.43. The van der Waals surface area contributed by atoms with E-state index < -0.39 is 95.2 Å². The van der Waals surface area contributed by atoms with E-state index in [1.165, 1.54) is 0 Å². The van der Waals surface area contributed by atoms with Crippen LogP contribution in [0.3, 0.4) is 0 Å². The molecule has 0 bridgehead atoms. The van der Waals surface area contributed by atoms with Crippen molar-refractivity contribution >= 4 is 31.4 Å². The first kappa shape index (κ1) is 7.36. The van der Waals surface area contributed by atoms with Gasteiger partial charge in [0.25, 0.3) is 10.0 Å². The van der Waals surface area contributed by atoms with Crippen LogP contribution in [0.5, 0.6) is 0 Å². The van der Waals surface area contributed by atoms with Crippen molar-refractivity contribution in [1.29, 1.82) is 0 Å². The molecule has 0 aromatic carbocycles. The molecule has 1 aliphatic heterocycles. The number of ether oxygens (including phenoxy) is 1. The molecule has 11 heteroatoms. The normalized spacial score (nSPS) is 38.2. The SMILES string of the molecule is [2H]c1c(S(N)(=O)=O)sc2c1[C@@]([2H])(N([2H])C([2H])([2H])C)C([2H])([2H])N(C([2H])([2H])CC([2H])([2H])OC([2H])([2H])[2H])S2(=O)=O. The van der Waals surface area contributed by atoms with Crippen LogP contribution in [-0.4, -0.2) is 54.2 Å². The molecule has 0 saturated heterocycles. The monoisotopic (exact) mass is 397 g/mol. The summed E-state index contributed by atoms with van der Waals surface area (Å²) in [4.78, 5) is 0. The van der Waals surface area contributed by atoms with E-state index in [0.717, 1.165) is 0 Å². The number of nitrogens with one attached hydrogen (secondary N) is 1. The average molecular weight is 398 g/mol. The molecular formula is C12H21N3O5S3. The van der Waals surface area contributed by atoms with Gasteiger partial charge >= 0.3 is 0 Å². The van der Waals surface area contributed by atoms with Gasteiger partial charge in [-0.1, -0.05) is 6.92 Å². The molecule has 1 aromatic heterocycles. The Morgan fingerprint density at radius 2 is 2.57 bits per heavy atom. The van der Waals surface area contributed by atoms with Crippen LogP contribution < -0.4 is 10.4 Å². The second-order valence-electron chi connectivity index (χ2n) is 3.87. The van der Waals surface area contributed by atoms with Crippen molar-refractivity contribution < 1.29 is 40.8 Å². The maximum Gasteiger partial charge on any atom is 0.252 e. The number of nitrogens with zero attached hydrogens (tertiary/aromatic N) is 1. The van der Waals surface area contributed by atoms with Crippen LogP contribution >= 0.6 is 11.3 Å². The van der Waals surface area contributed by atoms with Gasteiger partial charge in [-0.3, -0.25) is 0 Å². The molecule has 2 heterocycles. The van der Waals surface area contributed by atoms with Crippen LogP contribution in [0.15, 0.2) is 14.5 Å². The minimum Gasteiger partial charge on any atom is -0.385 e. The van der Waals surface area contributed by atoms with Crippen molar-refractivity contribution in [3.8, 4) is 0 Å². The predicted octanol–water partition coefficient (Wildman–Crippen LogP) is 0.0869. The summed E-state index contributed by atoms with van der Waals surface area (Å²) < 4.78 is 162. The number of thiophene rings is 1. The summed E-state index contributed by atoms with van der Waals surface area (Å²) in [6.45, 7) is -13.6. The van der Waals surface area contributed by atoms with Crippen LogP contribution in [-0.2, 0) is 24.8 Å². The van der Waals surface area contributed by atoms with Crippen LogP contribution in [0.2, 0.25) is 1.41 Å². The zero-order chi connectivity index (χ0) is 29.6. The van der Waals surface area contributed by atoms with Gasteiger partial charge in [-0.2, -0.15) is 4.31 Å². The van der Waals surface area contributed by atoms with E-state index in [1.54, 1.807) is 0 Å². The van der Waals surface area contributed by atoms with Crippen LogP contribution in [0.25, 0.3) is 0 Å². The first-order valence-corrected chi connectivity index (χ1v) is 9.46. The van der Waals surface area contributed by atoms with Crippen molar-refractivity contribution in [2.24, 2.45) is 5.14 Å². The fraction of sp³-hybridized carbons (Fsp3) is 0.667. The molecule has 1 aliphatic rings. The Kier molecular flexibility index (Phi) is 2.28. The Hall–Kier alpha value is -0.560. The lowest BCUT2D eigenvalue weighted by atomic mass is 10.1. The number of primary sulfonamides is 1. The molecular weight excluding hydrogens is 362 g/mol. The van der Waals surface area contributed by atoms with Gasteiger partial charge in [0.15, 0.2) is 0 Å². The Labute approximate surface area is 160 Å². The summed E-state index contributed by atoms with van der Waals surface area (Å²) in [7, 11) is -14.0. The first-order valence-electron chi connectivity index (χ1n) is 12.6. The maximum atomic E-state index is 13.5. The highest BCUT2D eigenvalue weighted by molar-refractivity contribution is 7.94. The second kappa shape index (κ2) is 7.13. The maximum absolute atomic E-state index is 13.5. The zero-order valence-electron chi connectivity index (χ0n) is 25.4. The van der Waals surface area contributed by atoms with Crippen molar-refractivity contribution in [3.05, 3.63) is 11.6 Å². The van der Waals surface area contributed by atoms with Crippen LogP contribution in [0.4, 0.5) is 0 Å². The summed E-state index contributed by atoms with van der Waals surface area (Å²) in [5, 5.41) is 4.57. The minimum atomic E-state index is -5.63. The smallest absolute Gasteiger partial charge is 0.252 e. The molecule has 3 N–H and O–H groups in total. The van der Waals surface area contributed by atoms with E-state index in [0.29, 0.717) is 6.92 Å². The Morgan fingerprint density at radius 3 is 3.17 bits per heavy atom. The molecule has 132 valence electrons. The van der Waals surface area contributed by atoms with Gasteiger partial charge in [0, 0.05) is 46.4 Å². The number of nitrogens with two attached hydrogens (primary N) is 1. The van der Waals surface area contributed by atoms with Gasteiger partial charge in [-0.05, 0) is 19.0 Å². The standard InChI is InChI=1S/C12H21N3O5S3/c1-3-14-10-8-15(5-4-6-20-2)23(18,19)12-9(10)7-11(21-12)22(13,16)17/h7,10,14H,3-6,8H2,1-2H3,(H2,13,16,17)/t10-/m0/s1/i2D3,3D2,5D2,6D2,7D,8D2,10D/hD. The molecule has 0 fully saturated rings. The topological polar surface area (TPSA) is 119 Å². The number of likely N-dealkylation sites (N-methyl/N-ethyl adjacent to an activating group) is 1. The van der Waals surface area contributed by atoms with Gasteiger partial charge in [-0.15, -0.1) is 11.3 Å². The fourth-order valence-electron chi connectivity index (χ4n) is 1.53. The van der Waals surface area contributed by atoms with Gasteiger partial charge in [0.2, 0.25) is 10.0 Å². The van der Waals surface area contributed by atoms with Crippen LogP contribution in [0.1, 0.15) is 42.7 Å².